The van der Waals surface area contributed by atoms with Crippen molar-refractivity contribution >= 4 is 17.5 Å². The molecule has 146 valence electrons. The molecule has 1 N–H and O–H groups in total. The summed E-state index contributed by atoms with van der Waals surface area (Å²) in [5.41, 5.74) is 3.12. The summed E-state index contributed by atoms with van der Waals surface area (Å²) in [5, 5.41) is 7.89. The number of aromatic nitrogens is 2. The van der Waals surface area contributed by atoms with E-state index in [4.69, 9.17) is 16.3 Å². The van der Waals surface area contributed by atoms with Crippen molar-refractivity contribution in [3.63, 3.8) is 0 Å². The maximum absolute atomic E-state index is 12.9. The predicted octanol–water partition coefficient (Wildman–Crippen LogP) is 4.78. The zero-order chi connectivity index (χ0) is 20.1. The molecule has 1 amide bonds. The van der Waals surface area contributed by atoms with Crippen molar-refractivity contribution in [1.82, 2.24) is 15.1 Å². The first-order chi connectivity index (χ1) is 13.5. The van der Waals surface area contributed by atoms with Crippen LogP contribution in [0.4, 0.5) is 0 Å². The molecule has 0 radical (unpaired) electrons. The number of methoxy groups -OCH3 is 1. The molecule has 1 atom stereocenters. The number of aryl methyl sites for hydroxylation is 1. The molecule has 1 heterocycles. The van der Waals surface area contributed by atoms with Gasteiger partial charge in [0, 0.05) is 0 Å². The van der Waals surface area contributed by atoms with E-state index in [-0.39, 0.29) is 11.9 Å². The standard InChI is InChI=1S/C22H24ClN3O2/c1-4-19(17-10-12-18(28-3)13-11-17)24-22(27)20-15(2)25-26(21(20)23)14-16-8-6-5-7-9-16/h5-13,19H,4,14H2,1-3H3,(H,24,27). The van der Waals surface area contributed by atoms with E-state index in [0.717, 1.165) is 23.3 Å². The molecule has 0 saturated heterocycles. The number of halogens is 1. The molecular formula is C22H24ClN3O2. The highest BCUT2D eigenvalue weighted by atomic mass is 35.5. The number of hydrogen-bond donors (Lipinski definition) is 1. The van der Waals surface area contributed by atoms with Crippen molar-refractivity contribution in [2.24, 2.45) is 0 Å². The van der Waals surface area contributed by atoms with E-state index < -0.39 is 0 Å². The average molecular weight is 398 g/mol. The van der Waals surface area contributed by atoms with Crippen molar-refractivity contribution in [3.05, 3.63) is 82.1 Å². The fraction of sp³-hybridized carbons (Fsp3) is 0.273. The maximum atomic E-state index is 12.9. The zero-order valence-electron chi connectivity index (χ0n) is 16.3. The minimum Gasteiger partial charge on any atom is -0.497 e. The summed E-state index contributed by atoms with van der Waals surface area (Å²) in [6.45, 7) is 4.35. The van der Waals surface area contributed by atoms with E-state index in [1.165, 1.54) is 0 Å². The number of amides is 1. The van der Waals surface area contributed by atoms with Crippen LogP contribution in [0.1, 0.15) is 46.6 Å². The third-order valence-corrected chi connectivity index (χ3v) is 5.08. The van der Waals surface area contributed by atoms with Gasteiger partial charge in [-0.1, -0.05) is 61.0 Å². The fourth-order valence-electron chi connectivity index (χ4n) is 3.16. The third kappa shape index (κ3) is 4.37. The van der Waals surface area contributed by atoms with Crippen molar-refractivity contribution in [1.29, 1.82) is 0 Å². The first kappa shape index (κ1) is 20.0. The van der Waals surface area contributed by atoms with Crippen LogP contribution in [0.2, 0.25) is 5.15 Å². The Morgan fingerprint density at radius 3 is 2.46 bits per heavy atom. The summed E-state index contributed by atoms with van der Waals surface area (Å²) in [7, 11) is 1.63. The van der Waals surface area contributed by atoms with Gasteiger partial charge in [0.25, 0.3) is 5.91 Å². The molecule has 3 aromatic rings. The van der Waals surface area contributed by atoms with Gasteiger partial charge in [0.15, 0.2) is 0 Å². The second-order valence-corrected chi connectivity index (χ2v) is 6.96. The summed E-state index contributed by atoms with van der Waals surface area (Å²) in [6, 6.07) is 17.5. The number of benzene rings is 2. The van der Waals surface area contributed by atoms with Crippen molar-refractivity contribution in [3.8, 4) is 5.75 Å². The molecule has 0 aliphatic heterocycles. The Hall–Kier alpha value is -2.79. The van der Waals surface area contributed by atoms with Crippen LogP contribution < -0.4 is 10.1 Å². The largest absolute Gasteiger partial charge is 0.497 e. The quantitative estimate of drug-likeness (QED) is 0.624. The first-order valence-corrected chi connectivity index (χ1v) is 9.63. The summed E-state index contributed by atoms with van der Waals surface area (Å²) in [4.78, 5) is 12.9. The lowest BCUT2D eigenvalue weighted by atomic mass is 10.0. The van der Waals surface area contributed by atoms with Gasteiger partial charge in [-0.15, -0.1) is 0 Å². The van der Waals surface area contributed by atoms with Crippen LogP contribution in [0.25, 0.3) is 0 Å². The second kappa shape index (κ2) is 8.93. The molecule has 3 rings (SSSR count). The molecule has 0 saturated carbocycles. The summed E-state index contributed by atoms with van der Waals surface area (Å²) in [5.74, 6) is 0.565. The van der Waals surface area contributed by atoms with Gasteiger partial charge in [-0.25, -0.2) is 4.68 Å². The van der Waals surface area contributed by atoms with Gasteiger partial charge in [-0.2, -0.15) is 5.10 Å². The molecular weight excluding hydrogens is 374 g/mol. The van der Waals surface area contributed by atoms with Crippen LogP contribution in [-0.4, -0.2) is 22.8 Å². The highest BCUT2D eigenvalue weighted by Crippen LogP contribution is 2.24. The fourth-order valence-corrected chi connectivity index (χ4v) is 3.48. The Labute approximate surface area is 170 Å². The average Bonchev–Trinajstić information content (AvgIpc) is 3.00. The van der Waals surface area contributed by atoms with E-state index in [1.54, 1.807) is 18.7 Å². The number of hydrogen-bond acceptors (Lipinski definition) is 3. The predicted molar refractivity (Wildman–Crippen MR) is 111 cm³/mol. The minimum absolute atomic E-state index is 0.119. The molecule has 0 spiro atoms. The van der Waals surface area contributed by atoms with Gasteiger partial charge in [-0.3, -0.25) is 4.79 Å². The monoisotopic (exact) mass is 397 g/mol. The Bertz CT molecular complexity index is 936. The zero-order valence-corrected chi connectivity index (χ0v) is 17.0. The van der Waals surface area contributed by atoms with Gasteiger partial charge in [0.2, 0.25) is 0 Å². The lowest BCUT2D eigenvalue weighted by Crippen LogP contribution is -2.28. The van der Waals surface area contributed by atoms with Gasteiger partial charge in [-0.05, 0) is 36.6 Å². The molecule has 0 aliphatic rings. The molecule has 0 fully saturated rings. The molecule has 1 aromatic heterocycles. The number of carbonyl (C=O) groups excluding carboxylic acids is 1. The number of ether oxygens (including phenoxy) is 1. The van der Waals surface area contributed by atoms with Gasteiger partial charge in [0.1, 0.15) is 10.9 Å². The van der Waals surface area contributed by atoms with E-state index in [1.807, 2.05) is 61.5 Å². The molecule has 0 aliphatic carbocycles. The van der Waals surface area contributed by atoms with Crippen LogP contribution in [0, 0.1) is 6.92 Å². The lowest BCUT2D eigenvalue weighted by molar-refractivity contribution is 0.0935. The smallest absolute Gasteiger partial charge is 0.256 e. The van der Waals surface area contributed by atoms with Crippen LogP contribution >= 0.6 is 11.6 Å². The molecule has 2 aromatic carbocycles. The molecule has 28 heavy (non-hydrogen) atoms. The molecule has 1 unspecified atom stereocenters. The normalized spacial score (nSPS) is 11.9. The third-order valence-electron chi connectivity index (χ3n) is 4.70. The van der Waals surface area contributed by atoms with Crippen molar-refractivity contribution in [2.45, 2.75) is 32.9 Å². The molecule has 5 nitrogen and oxygen atoms in total. The highest BCUT2D eigenvalue weighted by molar-refractivity contribution is 6.33. The minimum atomic E-state index is -0.218. The summed E-state index contributed by atoms with van der Waals surface area (Å²) < 4.78 is 6.86. The number of nitrogens with one attached hydrogen (secondary N) is 1. The maximum Gasteiger partial charge on any atom is 0.256 e. The van der Waals surface area contributed by atoms with E-state index in [0.29, 0.717) is 23.0 Å². The van der Waals surface area contributed by atoms with E-state index in [2.05, 4.69) is 10.4 Å². The topological polar surface area (TPSA) is 56.2 Å². The summed E-state index contributed by atoms with van der Waals surface area (Å²) >= 11 is 6.51. The Morgan fingerprint density at radius 2 is 1.86 bits per heavy atom. The van der Waals surface area contributed by atoms with Gasteiger partial charge < -0.3 is 10.1 Å². The Morgan fingerprint density at radius 1 is 1.18 bits per heavy atom. The van der Waals surface area contributed by atoms with E-state index in [9.17, 15) is 4.79 Å². The SMILES string of the molecule is CCC(NC(=O)c1c(C)nn(Cc2ccccc2)c1Cl)c1ccc(OC)cc1. The van der Waals surface area contributed by atoms with Gasteiger partial charge in [0.05, 0.1) is 31.0 Å². The number of carbonyl (C=O) groups is 1. The van der Waals surface area contributed by atoms with Crippen LogP contribution in [0.5, 0.6) is 5.75 Å². The first-order valence-electron chi connectivity index (χ1n) is 9.25. The van der Waals surface area contributed by atoms with Crippen molar-refractivity contribution in [2.75, 3.05) is 7.11 Å². The van der Waals surface area contributed by atoms with Crippen LogP contribution in [0.15, 0.2) is 54.6 Å². The van der Waals surface area contributed by atoms with Crippen LogP contribution in [-0.2, 0) is 6.54 Å². The number of rotatable bonds is 7. The molecule has 0 bridgehead atoms. The van der Waals surface area contributed by atoms with Crippen LogP contribution in [0.3, 0.4) is 0 Å². The Balaban J connectivity index is 1.79. The second-order valence-electron chi connectivity index (χ2n) is 6.60. The highest BCUT2D eigenvalue weighted by Gasteiger charge is 2.23. The van der Waals surface area contributed by atoms with Crippen molar-refractivity contribution < 1.29 is 9.53 Å². The Kier molecular flexibility index (Phi) is 6.37. The summed E-state index contributed by atoms with van der Waals surface area (Å²) in [6.07, 6.45) is 0.757. The van der Waals surface area contributed by atoms with Gasteiger partial charge >= 0.3 is 0 Å². The number of nitrogens with zero attached hydrogens (tertiary/aromatic N) is 2. The lowest BCUT2D eigenvalue weighted by Gasteiger charge is -2.18. The molecule has 6 heteroatoms. The van der Waals surface area contributed by atoms with E-state index >= 15 is 0 Å².